The first-order valence-electron chi connectivity index (χ1n) is 10.6. The number of carbonyl (C=O) groups excluding carboxylic acids is 1. The maximum Gasteiger partial charge on any atom is 0.269 e. The van der Waals surface area contributed by atoms with Gasteiger partial charge >= 0.3 is 0 Å². The van der Waals surface area contributed by atoms with Crippen LogP contribution in [0.5, 0.6) is 0 Å². The van der Waals surface area contributed by atoms with Crippen molar-refractivity contribution in [1.29, 1.82) is 0 Å². The monoisotopic (exact) mass is 454 g/mol. The average Bonchev–Trinajstić information content (AvgIpc) is 3.19. The van der Waals surface area contributed by atoms with Crippen molar-refractivity contribution in [2.24, 2.45) is 0 Å². The molecular weight excluding hydrogens is 428 g/mol. The molecule has 0 unspecified atom stereocenters. The summed E-state index contributed by atoms with van der Waals surface area (Å²) in [5.41, 5.74) is 2.79. The summed E-state index contributed by atoms with van der Waals surface area (Å²) in [6.45, 7) is 7.96. The van der Waals surface area contributed by atoms with Crippen LogP contribution in [-0.4, -0.2) is 64.9 Å². The van der Waals surface area contributed by atoms with Gasteiger partial charge in [0.1, 0.15) is 0 Å². The average molecular weight is 455 g/mol. The van der Waals surface area contributed by atoms with Gasteiger partial charge in [-0.3, -0.25) is 19.8 Å². The number of rotatable bonds is 8. The van der Waals surface area contributed by atoms with Crippen LogP contribution in [-0.2, 0) is 11.3 Å². The lowest BCUT2D eigenvalue weighted by molar-refractivity contribution is -0.384. The highest BCUT2D eigenvalue weighted by atomic mass is 32.1. The van der Waals surface area contributed by atoms with E-state index in [-0.39, 0.29) is 11.6 Å². The summed E-state index contributed by atoms with van der Waals surface area (Å²) in [5, 5.41) is 17.6. The number of carbonyl (C=O) groups is 1. The number of hydrogen-bond acceptors (Lipinski definition) is 8. The molecule has 0 bridgehead atoms. The smallest absolute Gasteiger partial charge is 0.269 e. The van der Waals surface area contributed by atoms with Gasteiger partial charge in [0, 0.05) is 50.5 Å². The minimum atomic E-state index is -0.405. The normalized spacial score (nSPS) is 15.0. The molecule has 0 spiro atoms. The van der Waals surface area contributed by atoms with Gasteiger partial charge < -0.3 is 15.5 Å². The van der Waals surface area contributed by atoms with Crippen molar-refractivity contribution in [3.05, 3.63) is 58.1 Å². The molecule has 0 atom stereocenters. The molecule has 1 aliphatic rings. The Morgan fingerprint density at radius 3 is 2.53 bits per heavy atom. The number of nitrogens with one attached hydrogen (secondary N) is 2. The second-order valence-electron chi connectivity index (χ2n) is 7.74. The number of non-ortho nitro benzene ring substituents is 1. The second kappa shape index (κ2) is 10.0. The third-order valence-corrected chi connectivity index (χ3v) is 6.49. The van der Waals surface area contributed by atoms with Crippen LogP contribution in [0.3, 0.4) is 0 Å². The van der Waals surface area contributed by atoms with E-state index in [0.29, 0.717) is 18.2 Å². The van der Waals surface area contributed by atoms with Crippen molar-refractivity contribution in [3.63, 3.8) is 0 Å². The van der Waals surface area contributed by atoms with Crippen LogP contribution >= 0.6 is 11.3 Å². The summed E-state index contributed by atoms with van der Waals surface area (Å²) < 4.78 is 0.977. The highest BCUT2D eigenvalue weighted by Gasteiger charge is 2.18. The van der Waals surface area contributed by atoms with Crippen molar-refractivity contribution in [2.75, 3.05) is 49.9 Å². The van der Waals surface area contributed by atoms with E-state index in [9.17, 15) is 14.9 Å². The molecule has 32 heavy (non-hydrogen) atoms. The Morgan fingerprint density at radius 1 is 1.12 bits per heavy atom. The van der Waals surface area contributed by atoms with E-state index in [1.54, 1.807) is 12.1 Å². The van der Waals surface area contributed by atoms with Crippen molar-refractivity contribution >= 4 is 44.0 Å². The molecule has 168 valence electrons. The van der Waals surface area contributed by atoms with Gasteiger partial charge in [-0.1, -0.05) is 30.4 Å². The number of hydrogen-bond donors (Lipinski definition) is 2. The minimum absolute atomic E-state index is 0.0366. The topological polar surface area (TPSA) is 104 Å². The number of nitrogens with zero attached hydrogens (tertiary/aromatic N) is 4. The first kappa shape index (κ1) is 22.1. The molecule has 1 fully saturated rings. The highest BCUT2D eigenvalue weighted by Crippen LogP contribution is 2.28. The zero-order valence-electron chi connectivity index (χ0n) is 17.9. The number of thiazole rings is 1. The lowest BCUT2D eigenvalue weighted by atomic mass is 10.2. The number of anilines is 2. The quantitative estimate of drug-likeness (QED) is 0.397. The molecule has 10 heteroatoms. The molecule has 2 aromatic carbocycles. The van der Waals surface area contributed by atoms with Gasteiger partial charge in [0.05, 0.1) is 21.7 Å². The Morgan fingerprint density at radius 2 is 1.84 bits per heavy atom. The van der Waals surface area contributed by atoms with Crippen LogP contribution in [0.1, 0.15) is 12.5 Å². The van der Waals surface area contributed by atoms with Crippen molar-refractivity contribution in [2.45, 2.75) is 13.5 Å². The van der Waals surface area contributed by atoms with Gasteiger partial charge in [0.15, 0.2) is 5.13 Å². The third-order valence-electron chi connectivity index (χ3n) is 5.56. The van der Waals surface area contributed by atoms with E-state index in [4.69, 9.17) is 0 Å². The molecule has 1 saturated heterocycles. The van der Waals surface area contributed by atoms with Gasteiger partial charge in [-0.2, -0.15) is 0 Å². The largest absolute Gasteiger partial charge is 0.381 e. The summed E-state index contributed by atoms with van der Waals surface area (Å²) in [4.78, 5) is 31.9. The number of benzene rings is 2. The lowest BCUT2D eigenvalue weighted by Gasteiger charge is -2.33. The van der Waals surface area contributed by atoms with Crippen LogP contribution in [0.4, 0.5) is 16.5 Å². The van der Waals surface area contributed by atoms with Crippen LogP contribution in [0.2, 0.25) is 0 Å². The Bertz CT molecular complexity index is 1090. The second-order valence-corrected chi connectivity index (χ2v) is 8.77. The number of aromatic nitrogens is 1. The summed E-state index contributed by atoms with van der Waals surface area (Å²) >= 11 is 1.45. The Balaban J connectivity index is 1.32. The molecule has 9 nitrogen and oxygen atoms in total. The molecule has 2 heterocycles. The van der Waals surface area contributed by atoms with Crippen molar-refractivity contribution in [1.82, 2.24) is 14.8 Å². The molecule has 0 saturated carbocycles. The van der Waals surface area contributed by atoms with Crippen LogP contribution in [0, 0.1) is 10.1 Å². The Kier molecular flexibility index (Phi) is 6.93. The van der Waals surface area contributed by atoms with Gasteiger partial charge in [0.25, 0.3) is 5.69 Å². The third kappa shape index (κ3) is 5.58. The molecule has 1 amide bonds. The first-order chi connectivity index (χ1) is 15.5. The van der Waals surface area contributed by atoms with E-state index in [0.717, 1.165) is 54.2 Å². The number of amides is 1. The molecule has 0 radical (unpaired) electrons. The predicted molar refractivity (Wildman–Crippen MR) is 127 cm³/mol. The number of nitro groups is 1. The first-order valence-corrected chi connectivity index (χ1v) is 11.4. The zero-order valence-corrected chi connectivity index (χ0v) is 18.7. The molecule has 1 aliphatic heterocycles. The fourth-order valence-electron chi connectivity index (χ4n) is 3.65. The molecule has 0 aliphatic carbocycles. The fourth-order valence-corrected chi connectivity index (χ4v) is 4.57. The van der Waals surface area contributed by atoms with Gasteiger partial charge in [-0.25, -0.2) is 4.98 Å². The van der Waals surface area contributed by atoms with Crippen LogP contribution in [0.25, 0.3) is 10.2 Å². The minimum Gasteiger partial charge on any atom is -0.381 e. The van der Waals surface area contributed by atoms with E-state index >= 15 is 0 Å². The van der Waals surface area contributed by atoms with E-state index < -0.39 is 4.92 Å². The number of nitro benzene ring substituents is 1. The van der Waals surface area contributed by atoms with Crippen LogP contribution < -0.4 is 10.6 Å². The van der Waals surface area contributed by atoms with Crippen molar-refractivity contribution < 1.29 is 9.72 Å². The number of likely N-dealkylation sites (N-methyl/N-ethyl adjacent to an activating group) is 1. The standard InChI is InChI=1S/C22H26N6O3S/c1-2-26-9-11-27(12-10-26)15-21(29)25-22-24-19-8-5-17(13-20(19)32-22)23-14-16-3-6-18(7-4-16)28(30)31/h3-8,13,23H,2,9-12,14-15H2,1H3,(H,24,25,29). The molecular formula is C22H26N6O3S. The Hall–Kier alpha value is -3.08. The molecule has 3 aromatic rings. The van der Waals surface area contributed by atoms with E-state index in [1.807, 2.05) is 18.2 Å². The fraction of sp³-hybridized carbons (Fsp3) is 0.364. The highest BCUT2D eigenvalue weighted by molar-refractivity contribution is 7.22. The van der Waals surface area contributed by atoms with Crippen LogP contribution in [0.15, 0.2) is 42.5 Å². The summed E-state index contributed by atoms with van der Waals surface area (Å²) in [6.07, 6.45) is 0. The van der Waals surface area contributed by atoms with Gasteiger partial charge in [-0.15, -0.1) is 0 Å². The summed E-state index contributed by atoms with van der Waals surface area (Å²) in [5.74, 6) is -0.0366. The summed E-state index contributed by atoms with van der Waals surface area (Å²) in [7, 11) is 0. The SMILES string of the molecule is CCN1CCN(CC(=O)Nc2nc3ccc(NCc4ccc([N+](=O)[O-])cc4)cc3s2)CC1. The van der Waals surface area contributed by atoms with Crippen molar-refractivity contribution in [3.8, 4) is 0 Å². The van der Waals surface area contributed by atoms with E-state index in [1.165, 1.54) is 23.5 Å². The molecule has 2 N–H and O–H groups in total. The Labute approximate surface area is 190 Å². The predicted octanol–water partition coefficient (Wildman–Crippen LogP) is 3.39. The van der Waals surface area contributed by atoms with Gasteiger partial charge in [0.2, 0.25) is 5.91 Å². The summed E-state index contributed by atoms with van der Waals surface area (Å²) in [6, 6.07) is 12.3. The molecule has 1 aromatic heterocycles. The molecule has 4 rings (SSSR count). The van der Waals surface area contributed by atoms with Gasteiger partial charge in [-0.05, 0) is 30.3 Å². The lowest BCUT2D eigenvalue weighted by Crippen LogP contribution is -2.48. The number of piperazine rings is 1. The zero-order chi connectivity index (χ0) is 22.5. The van der Waals surface area contributed by atoms with E-state index in [2.05, 4.69) is 32.3 Å². The maximum atomic E-state index is 12.4. The number of fused-ring (bicyclic) bond motifs is 1. The maximum absolute atomic E-state index is 12.4.